The normalized spacial score (nSPS) is 19.1. The van der Waals surface area contributed by atoms with E-state index in [0.29, 0.717) is 30.6 Å². The molecule has 0 saturated carbocycles. The van der Waals surface area contributed by atoms with Gasteiger partial charge in [0.05, 0.1) is 6.61 Å². The van der Waals surface area contributed by atoms with Crippen molar-refractivity contribution in [2.45, 2.75) is 52.4 Å². The van der Waals surface area contributed by atoms with E-state index in [-0.39, 0.29) is 19.0 Å². The van der Waals surface area contributed by atoms with Gasteiger partial charge in [0.1, 0.15) is 36.7 Å². The van der Waals surface area contributed by atoms with E-state index < -0.39 is 6.10 Å². The number of aliphatic hydroxyl groups is 2. The number of hydrogen-bond donors (Lipinski definition) is 4. The van der Waals surface area contributed by atoms with E-state index in [9.17, 15) is 15.3 Å². The molecule has 2 aliphatic heterocycles. The average molecular weight is 459 g/mol. The molecule has 1 unspecified atom stereocenters. The largest absolute Gasteiger partial charge is 0.508 e. The van der Waals surface area contributed by atoms with Crippen LogP contribution >= 0.6 is 0 Å². The highest BCUT2D eigenvalue weighted by Gasteiger charge is 2.27. The SMILES string of the molecule is C/C=C(/C)C1=C(C)N(C)CN=C1N1CCC(NCC(O)COc2ccc(O)c(CO)c2)CC1. The molecule has 2 aliphatic rings. The number of rotatable bonds is 8. The summed E-state index contributed by atoms with van der Waals surface area (Å²) in [5, 5.41) is 32.7. The number of amidine groups is 1. The van der Waals surface area contributed by atoms with Crippen LogP contribution in [-0.2, 0) is 6.61 Å². The van der Waals surface area contributed by atoms with Gasteiger partial charge in [0.25, 0.3) is 0 Å². The van der Waals surface area contributed by atoms with Gasteiger partial charge >= 0.3 is 0 Å². The Morgan fingerprint density at radius 3 is 2.73 bits per heavy atom. The quantitative estimate of drug-likeness (QED) is 0.474. The predicted molar refractivity (Wildman–Crippen MR) is 130 cm³/mol. The summed E-state index contributed by atoms with van der Waals surface area (Å²) in [4.78, 5) is 9.44. The van der Waals surface area contributed by atoms with E-state index in [1.807, 2.05) is 0 Å². The number of likely N-dealkylation sites (tertiary alicyclic amines) is 1. The molecule has 33 heavy (non-hydrogen) atoms. The van der Waals surface area contributed by atoms with Gasteiger partial charge in [-0.1, -0.05) is 6.08 Å². The van der Waals surface area contributed by atoms with E-state index in [4.69, 9.17) is 9.73 Å². The first kappa shape index (κ1) is 25.1. The van der Waals surface area contributed by atoms with E-state index in [0.717, 1.165) is 31.8 Å². The fourth-order valence-electron chi connectivity index (χ4n) is 4.20. The first-order chi connectivity index (χ1) is 15.8. The second kappa shape index (κ2) is 11.5. The van der Waals surface area contributed by atoms with Crippen molar-refractivity contribution in [1.82, 2.24) is 15.1 Å². The number of nitrogens with zero attached hydrogens (tertiary/aromatic N) is 3. The third-order valence-corrected chi connectivity index (χ3v) is 6.52. The Hall–Kier alpha value is -2.55. The molecule has 0 radical (unpaired) electrons. The first-order valence-corrected chi connectivity index (χ1v) is 11.7. The lowest BCUT2D eigenvalue weighted by Gasteiger charge is -2.38. The van der Waals surface area contributed by atoms with Crippen LogP contribution in [0.1, 0.15) is 39.2 Å². The summed E-state index contributed by atoms with van der Waals surface area (Å²) in [6.45, 7) is 9.25. The van der Waals surface area contributed by atoms with Gasteiger partial charge in [-0.25, -0.2) is 4.99 Å². The minimum atomic E-state index is -0.651. The maximum Gasteiger partial charge on any atom is 0.134 e. The molecule has 8 nitrogen and oxygen atoms in total. The van der Waals surface area contributed by atoms with E-state index in [2.05, 4.69) is 49.0 Å². The smallest absolute Gasteiger partial charge is 0.134 e. The summed E-state index contributed by atoms with van der Waals surface area (Å²) in [6, 6.07) is 5.02. The van der Waals surface area contributed by atoms with Crippen molar-refractivity contribution in [3.8, 4) is 11.5 Å². The van der Waals surface area contributed by atoms with Crippen LogP contribution in [0, 0.1) is 0 Å². The highest BCUT2D eigenvalue weighted by atomic mass is 16.5. The number of aliphatic hydroxyl groups excluding tert-OH is 2. The molecule has 182 valence electrons. The van der Waals surface area contributed by atoms with Gasteiger partial charge in [-0.05, 0) is 57.4 Å². The number of allylic oxidation sites excluding steroid dienone is 2. The molecule has 1 atom stereocenters. The van der Waals surface area contributed by atoms with E-state index >= 15 is 0 Å². The minimum Gasteiger partial charge on any atom is -0.508 e. The van der Waals surface area contributed by atoms with Gasteiger partial charge in [-0.2, -0.15) is 0 Å². The van der Waals surface area contributed by atoms with Crippen LogP contribution in [0.2, 0.25) is 0 Å². The Labute approximate surface area is 196 Å². The van der Waals surface area contributed by atoms with Crippen LogP contribution in [0.4, 0.5) is 0 Å². The second-order valence-electron chi connectivity index (χ2n) is 8.84. The zero-order valence-electron chi connectivity index (χ0n) is 20.2. The van der Waals surface area contributed by atoms with Gasteiger partial charge in [-0.15, -0.1) is 0 Å². The summed E-state index contributed by atoms with van der Waals surface area (Å²) in [7, 11) is 2.08. The molecule has 0 bridgehead atoms. The lowest BCUT2D eigenvalue weighted by molar-refractivity contribution is 0.100. The number of piperidine rings is 1. The molecule has 1 saturated heterocycles. The molecule has 1 aromatic carbocycles. The van der Waals surface area contributed by atoms with Crippen molar-refractivity contribution in [2.24, 2.45) is 4.99 Å². The van der Waals surface area contributed by atoms with Crippen LogP contribution in [0.25, 0.3) is 0 Å². The second-order valence-corrected chi connectivity index (χ2v) is 8.84. The zero-order valence-corrected chi connectivity index (χ0v) is 20.2. The Bertz CT molecular complexity index is 904. The molecular weight excluding hydrogens is 420 g/mol. The van der Waals surface area contributed by atoms with Crippen molar-refractivity contribution in [3.05, 3.63) is 46.7 Å². The topological polar surface area (TPSA) is 101 Å². The summed E-state index contributed by atoms with van der Waals surface area (Å²) in [5.74, 6) is 1.64. The highest BCUT2D eigenvalue weighted by Crippen LogP contribution is 2.26. The summed E-state index contributed by atoms with van der Waals surface area (Å²) < 4.78 is 5.61. The van der Waals surface area contributed by atoms with Crippen LogP contribution in [-0.4, -0.2) is 83.1 Å². The maximum absolute atomic E-state index is 10.3. The van der Waals surface area contributed by atoms with Crippen LogP contribution in [0.3, 0.4) is 0 Å². The molecule has 2 heterocycles. The summed E-state index contributed by atoms with van der Waals surface area (Å²) in [5.41, 5.74) is 4.15. The van der Waals surface area contributed by atoms with Crippen molar-refractivity contribution >= 4 is 5.84 Å². The molecule has 1 aromatic rings. The fraction of sp³-hybridized carbons (Fsp3) is 0.560. The lowest BCUT2D eigenvalue weighted by atomic mass is 9.98. The Balaban J connectivity index is 1.46. The minimum absolute atomic E-state index is 0.0308. The number of phenols is 1. The molecule has 3 rings (SSSR count). The van der Waals surface area contributed by atoms with Crippen LogP contribution < -0.4 is 10.1 Å². The van der Waals surface area contributed by atoms with Gasteiger partial charge in [0.15, 0.2) is 0 Å². The Morgan fingerprint density at radius 1 is 1.33 bits per heavy atom. The molecule has 4 N–H and O–H groups in total. The van der Waals surface area contributed by atoms with Crippen molar-refractivity contribution < 1.29 is 20.1 Å². The monoisotopic (exact) mass is 458 g/mol. The third-order valence-electron chi connectivity index (χ3n) is 6.52. The number of aliphatic imine (C=N–C) groups is 1. The predicted octanol–water partition coefficient (Wildman–Crippen LogP) is 2.22. The number of nitrogens with one attached hydrogen (secondary N) is 1. The Morgan fingerprint density at radius 2 is 2.06 bits per heavy atom. The van der Waals surface area contributed by atoms with Crippen molar-refractivity contribution in [3.63, 3.8) is 0 Å². The lowest BCUT2D eigenvalue weighted by Crippen LogP contribution is -2.48. The molecule has 0 amide bonds. The fourth-order valence-corrected chi connectivity index (χ4v) is 4.20. The Kier molecular flexibility index (Phi) is 8.77. The molecule has 0 spiro atoms. The molecule has 0 aliphatic carbocycles. The maximum atomic E-state index is 10.3. The third kappa shape index (κ3) is 6.28. The van der Waals surface area contributed by atoms with Crippen LogP contribution in [0.15, 0.2) is 46.1 Å². The van der Waals surface area contributed by atoms with E-state index in [1.165, 1.54) is 22.9 Å². The number of benzene rings is 1. The van der Waals surface area contributed by atoms with Crippen LogP contribution in [0.5, 0.6) is 11.5 Å². The first-order valence-electron chi connectivity index (χ1n) is 11.7. The molecule has 8 heteroatoms. The zero-order chi connectivity index (χ0) is 24.0. The molecule has 1 fully saturated rings. The van der Waals surface area contributed by atoms with Gasteiger partial charge in [0, 0.05) is 49.6 Å². The molecular formula is C25H38N4O4. The van der Waals surface area contributed by atoms with Gasteiger partial charge in [0.2, 0.25) is 0 Å². The van der Waals surface area contributed by atoms with Crippen molar-refractivity contribution in [1.29, 1.82) is 0 Å². The number of aromatic hydroxyl groups is 1. The highest BCUT2D eigenvalue weighted by molar-refractivity contribution is 6.03. The van der Waals surface area contributed by atoms with Gasteiger partial charge < -0.3 is 35.2 Å². The molecule has 0 aromatic heterocycles. The number of hydrogen-bond acceptors (Lipinski definition) is 8. The van der Waals surface area contributed by atoms with E-state index in [1.54, 1.807) is 12.1 Å². The number of ether oxygens (including phenoxy) is 1. The summed E-state index contributed by atoms with van der Waals surface area (Å²) >= 11 is 0. The van der Waals surface area contributed by atoms with Gasteiger partial charge in [-0.3, -0.25) is 0 Å². The standard InChI is InChI=1S/C25H38N4O4/c1-5-17(2)24-18(3)28(4)16-27-25(24)29-10-8-20(9-11-29)26-13-21(31)15-33-22-6-7-23(32)19(12-22)14-30/h5-7,12,20-21,26,30-32H,8-11,13-16H2,1-4H3/b17-5-. The average Bonchev–Trinajstić information content (AvgIpc) is 2.83. The summed E-state index contributed by atoms with van der Waals surface area (Å²) in [6.07, 6.45) is 3.47. The van der Waals surface area contributed by atoms with Crippen molar-refractivity contribution in [2.75, 3.05) is 40.0 Å².